The highest BCUT2D eigenvalue weighted by Gasteiger charge is 2.17. The van der Waals surface area contributed by atoms with Gasteiger partial charge in [-0.25, -0.2) is 9.97 Å². The summed E-state index contributed by atoms with van der Waals surface area (Å²) in [6.07, 6.45) is 5.99. The topological polar surface area (TPSA) is 41.1 Å². The highest BCUT2D eigenvalue weighted by molar-refractivity contribution is 9.10. The van der Waals surface area contributed by atoms with Crippen LogP contribution in [-0.4, -0.2) is 40.5 Å². The smallest absolute Gasteiger partial charge is 0.143 e. The number of aromatic nitrogens is 2. The molecule has 0 amide bonds. The second kappa shape index (κ2) is 5.59. The van der Waals surface area contributed by atoms with E-state index in [2.05, 4.69) is 43.0 Å². The number of hydrogen-bond donors (Lipinski definition) is 1. The largest absolute Gasteiger partial charge is 0.367 e. The van der Waals surface area contributed by atoms with Crippen molar-refractivity contribution >= 4 is 21.7 Å². The third-order valence-electron chi connectivity index (χ3n) is 3.00. The van der Waals surface area contributed by atoms with Crippen LogP contribution < -0.4 is 5.32 Å². The maximum atomic E-state index is 4.19. The fraction of sp³-hybridized carbons (Fsp3) is 0.636. The predicted molar refractivity (Wildman–Crippen MR) is 68.5 cm³/mol. The minimum absolute atomic E-state index is 0.560. The van der Waals surface area contributed by atoms with Crippen molar-refractivity contribution in [1.29, 1.82) is 0 Å². The number of nitrogens with one attached hydrogen (secondary N) is 1. The maximum Gasteiger partial charge on any atom is 0.143 e. The minimum Gasteiger partial charge on any atom is -0.367 e. The predicted octanol–water partition coefficient (Wildman–Crippen LogP) is 2.14. The second-order valence-electron chi connectivity index (χ2n) is 4.19. The molecule has 1 unspecified atom stereocenters. The fourth-order valence-corrected chi connectivity index (χ4v) is 2.36. The molecule has 0 spiro atoms. The third-order valence-corrected chi connectivity index (χ3v) is 3.58. The van der Waals surface area contributed by atoms with Gasteiger partial charge in [-0.3, -0.25) is 4.90 Å². The number of halogens is 1. The van der Waals surface area contributed by atoms with E-state index in [1.165, 1.54) is 25.9 Å². The number of nitrogens with zero attached hydrogens (tertiary/aromatic N) is 3. The van der Waals surface area contributed by atoms with Crippen molar-refractivity contribution in [2.75, 3.05) is 25.0 Å². The number of likely N-dealkylation sites (tertiary alicyclic amines) is 1. The third kappa shape index (κ3) is 2.92. The minimum atomic E-state index is 0.560. The molecule has 2 heterocycles. The summed E-state index contributed by atoms with van der Waals surface area (Å²) in [7, 11) is 0. The van der Waals surface area contributed by atoms with E-state index in [-0.39, 0.29) is 0 Å². The Morgan fingerprint density at radius 3 is 2.94 bits per heavy atom. The Bertz CT molecular complexity index is 339. The van der Waals surface area contributed by atoms with E-state index in [1.54, 1.807) is 12.5 Å². The van der Waals surface area contributed by atoms with Crippen molar-refractivity contribution in [3.8, 4) is 0 Å². The zero-order chi connectivity index (χ0) is 11.4. The van der Waals surface area contributed by atoms with Gasteiger partial charge in [0.05, 0.1) is 4.47 Å². The van der Waals surface area contributed by atoms with Crippen LogP contribution in [0.15, 0.2) is 17.0 Å². The van der Waals surface area contributed by atoms with Gasteiger partial charge >= 0.3 is 0 Å². The molecule has 1 aromatic rings. The summed E-state index contributed by atoms with van der Waals surface area (Å²) in [4.78, 5) is 10.6. The van der Waals surface area contributed by atoms with Gasteiger partial charge in [0.2, 0.25) is 0 Å². The first-order valence-electron chi connectivity index (χ1n) is 5.71. The molecular weight excluding hydrogens is 268 g/mol. The van der Waals surface area contributed by atoms with E-state index in [0.29, 0.717) is 6.04 Å². The lowest BCUT2D eigenvalue weighted by Crippen LogP contribution is -2.35. The first-order chi connectivity index (χ1) is 7.77. The quantitative estimate of drug-likeness (QED) is 0.920. The molecule has 4 nitrogen and oxygen atoms in total. The average molecular weight is 285 g/mol. The Kier molecular flexibility index (Phi) is 4.12. The molecule has 0 aromatic carbocycles. The van der Waals surface area contributed by atoms with Crippen molar-refractivity contribution < 1.29 is 0 Å². The number of hydrogen-bond acceptors (Lipinski definition) is 4. The molecule has 2 rings (SSSR count). The Balaban J connectivity index is 1.84. The lowest BCUT2D eigenvalue weighted by atomic mass is 10.3. The lowest BCUT2D eigenvalue weighted by Gasteiger charge is -2.24. The summed E-state index contributed by atoms with van der Waals surface area (Å²) >= 11 is 3.43. The van der Waals surface area contributed by atoms with E-state index < -0.39 is 0 Å². The molecule has 1 saturated heterocycles. The Morgan fingerprint density at radius 2 is 2.25 bits per heavy atom. The van der Waals surface area contributed by atoms with Crippen molar-refractivity contribution in [2.24, 2.45) is 0 Å². The molecule has 1 aromatic heterocycles. The molecule has 88 valence electrons. The number of rotatable bonds is 4. The van der Waals surface area contributed by atoms with Crippen LogP contribution in [0.1, 0.15) is 19.8 Å². The van der Waals surface area contributed by atoms with Crippen molar-refractivity contribution in [3.63, 3.8) is 0 Å². The highest BCUT2D eigenvalue weighted by atomic mass is 79.9. The van der Waals surface area contributed by atoms with Gasteiger partial charge in [0.25, 0.3) is 0 Å². The van der Waals surface area contributed by atoms with Gasteiger partial charge in [-0.2, -0.15) is 0 Å². The fourth-order valence-electron chi connectivity index (χ4n) is 2.00. The zero-order valence-corrected chi connectivity index (χ0v) is 11.1. The molecule has 16 heavy (non-hydrogen) atoms. The zero-order valence-electron chi connectivity index (χ0n) is 9.49. The van der Waals surface area contributed by atoms with E-state index >= 15 is 0 Å². The molecule has 5 heteroatoms. The van der Waals surface area contributed by atoms with E-state index in [1.807, 2.05) is 0 Å². The molecule has 1 atom stereocenters. The first kappa shape index (κ1) is 11.8. The van der Waals surface area contributed by atoms with Crippen LogP contribution in [-0.2, 0) is 0 Å². The molecule has 1 N–H and O–H groups in total. The summed E-state index contributed by atoms with van der Waals surface area (Å²) in [5, 5.41) is 3.35. The van der Waals surface area contributed by atoms with Crippen molar-refractivity contribution in [1.82, 2.24) is 14.9 Å². The summed E-state index contributed by atoms with van der Waals surface area (Å²) in [6, 6.07) is 0.560. The highest BCUT2D eigenvalue weighted by Crippen LogP contribution is 2.18. The van der Waals surface area contributed by atoms with Crippen LogP contribution in [0, 0.1) is 0 Å². The van der Waals surface area contributed by atoms with Crippen LogP contribution in [0.5, 0.6) is 0 Å². The van der Waals surface area contributed by atoms with Gasteiger partial charge in [0, 0.05) is 18.8 Å². The Labute approximate surface area is 105 Å². The molecule has 0 radical (unpaired) electrons. The SMILES string of the molecule is CC(CNc1ncncc1Br)N1CCCC1. The monoisotopic (exact) mass is 284 g/mol. The van der Waals surface area contributed by atoms with Gasteiger partial charge in [-0.05, 0) is 48.8 Å². The van der Waals surface area contributed by atoms with Crippen LogP contribution in [0.25, 0.3) is 0 Å². The summed E-state index contributed by atoms with van der Waals surface area (Å²) < 4.78 is 0.920. The average Bonchev–Trinajstić information content (AvgIpc) is 2.81. The molecule has 0 aliphatic carbocycles. The first-order valence-corrected chi connectivity index (χ1v) is 6.50. The molecule has 1 aliphatic heterocycles. The summed E-state index contributed by atoms with van der Waals surface area (Å²) in [5.74, 6) is 0.876. The number of anilines is 1. The van der Waals surface area contributed by atoms with Crippen LogP contribution in [0.4, 0.5) is 5.82 Å². The normalized spacial score (nSPS) is 18.6. The van der Waals surface area contributed by atoms with Gasteiger partial charge in [-0.1, -0.05) is 0 Å². The van der Waals surface area contributed by atoms with Crippen molar-refractivity contribution in [2.45, 2.75) is 25.8 Å². The van der Waals surface area contributed by atoms with Crippen molar-refractivity contribution in [3.05, 3.63) is 17.0 Å². The van der Waals surface area contributed by atoms with Crippen LogP contribution in [0.2, 0.25) is 0 Å². The molecular formula is C11H17BrN4. The standard InChI is InChI=1S/C11H17BrN4/c1-9(16-4-2-3-5-16)6-14-11-10(12)7-13-8-15-11/h7-9H,2-6H2,1H3,(H,13,14,15). The van der Waals surface area contributed by atoms with Gasteiger partial charge in [0.15, 0.2) is 0 Å². The maximum absolute atomic E-state index is 4.19. The lowest BCUT2D eigenvalue weighted by molar-refractivity contribution is 0.269. The molecule has 0 saturated carbocycles. The molecule has 0 bridgehead atoms. The summed E-state index contributed by atoms with van der Waals surface area (Å²) in [6.45, 7) is 5.64. The second-order valence-corrected chi connectivity index (χ2v) is 5.05. The van der Waals surface area contributed by atoms with Crippen LogP contribution in [0.3, 0.4) is 0 Å². The van der Waals surface area contributed by atoms with Gasteiger partial charge < -0.3 is 5.32 Å². The van der Waals surface area contributed by atoms with Gasteiger partial charge in [-0.15, -0.1) is 0 Å². The molecule has 1 fully saturated rings. The van der Waals surface area contributed by atoms with E-state index in [4.69, 9.17) is 0 Å². The van der Waals surface area contributed by atoms with Gasteiger partial charge in [0.1, 0.15) is 12.1 Å². The Hall–Kier alpha value is -0.680. The Morgan fingerprint density at radius 1 is 1.50 bits per heavy atom. The van der Waals surface area contributed by atoms with E-state index in [9.17, 15) is 0 Å². The van der Waals surface area contributed by atoms with Crippen LogP contribution >= 0.6 is 15.9 Å². The molecule has 1 aliphatic rings. The summed E-state index contributed by atoms with van der Waals surface area (Å²) in [5.41, 5.74) is 0. The van der Waals surface area contributed by atoms with E-state index in [0.717, 1.165) is 16.8 Å².